The summed E-state index contributed by atoms with van der Waals surface area (Å²) < 4.78 is 0. The number of aliphatic carboxylic acids is 1. The molecule has 1 N–H and O–H groups in total. The quantitative estimate of drug-likeness (QED) is 0.735. The van der Waals surface area contributed by atoms with E-state index in [1.54, 1.807) is 0 Å². The van der Waals surface area contributed by atoms with Crippen LogP contribution < -0.4 is 0 Å². The van der Waals surface area contributed by atoms with Crippen LogP contribution in [0, 0.1) is 0 Å². The van der Waals surface area contributed by atoms with Gasteiger partial charge in [0.2, 0.25) is 0 Å². The predicted molar refractivity (Wildman–Crippen MR) is 73.9 cm³/mol. The van der Waals surface area contributed by atoms with Gasteiger partial charge in [0.25, 0.3) is 0 Å². The predicted octanol–water partition coefficient (Wildman–Crippen LogP) is 3.42. The SMILES string of the molecule is CCCCCN(CC(=O)O)Cc1ccc(Cl)cc1. The summed E-state index contributed by atoms with van der Waals surface area (Å²) in [5.41, 5.74) is 1.09. The normalized spacial score (nSPS) is 10.8. The smallest absolute Gasteiger partial charge is 0.317 e. The summed E-state index contributed by atoms with van der Waals surface area (Å²) >= 11 is 5.83. The van der Waals surface area contributed by atoms with Gasteiger partial charge in [0, 0.05) is 11.6 Å². The summed E-state index contributed by atoms with van der Waals surface area (Å²) in [6.45, 7) is 3.71. The van der Waals surface area contributed by atoms with Crippen LogP contribution in [0.3, 0.4) is 0 Å². The first-order valence-corrected chi connectivity index (χ1v) is 6.68. The standard InChI is InChI=1S/C14H20ClNO2/c1-2-3-4-9-16(11-14(17)18)10-12-5-7-13(15)8-6-12/h5-8H,2-4,9-11H2,1H3,(H,17,18). The number of halogens is 1. The van der Waals surface area contributed by atoms with Crippen molar-refractivity contribution in [3.8, 4) is 0 Å². The van der Waals surface area contributed by atoms with Gasteiger partial charge >= 0.3 is 5.97 Å². The van der Waals surface area contributed by atoms with E-state index >= 15 is 0 Å². The molecule has 0 heterocycles. The molecule has 0 saturated carbocycles. The second kappa shape index (κ2) is 8.11. The Morgan fingerprint density at radius 1 is 1.28 bits per heavy atom. The van der Waals surface area contributed by atoms with Gasteiger partial charge in [-0.05, 0) is 30.7 Å². The van der Waals surface area contributed by atoms with E-state index in [4.69, 9.17) is 16.7 Å². The minimum atomic E-state index is -0.777. The van der Waals surface area contributed by atoms with Crippen molar-refractivity contribution in [1.29, 1.82) is 0 Å². The van der Waals surface area contributed by atoms with Crippen LogP contribution in [0.2, 0.25) is 5.02 Å². The first kappa shape index (κ1) is 15.0. The van der Waals surface area contributed by atoms with Crippen molar-refractivity contribution >= 4 is 17.6 Å². The number of benzene rings is 1. The number of unbranched alkanes of at least 4 members (excludes halogenated alkanes) is 2. The van der Waals surface area contributed by atoms with Crippen LogP contribution in [0.1, 0.15) is 31.7 Å². The van der Waals surface area contributed by atoms with E-state index in [1.165, 1.54) is 0 Å². The molecule has 4 heteroatoms. The van der Waals surface area contributed by atoms with E-state index in [0.717, 1.165) is 31.4 Å². The fourth-order valence-electron chi connectivity index (χ4n) is 1.84. The number of carboxylic acids is 1. The highest BCUT2D eigenvalue weighted by Gasteiger charge is 2.09. The second-order valence-corrected chi connectivity index (χ2v) is 4.87. The largest absolute Gasteiger partial charge is 0.480 e. The molecule has 0 saturated heterocycles. The lowest BCUT2D eigenvalue weighted by atomic mass is 10.2. The molecule has 0 aliphatic carbocycles. The van der Waals surface area contributed by atoms with Gasteiger partial charge in [0.05, 0.1) is 6.54 Å². The molecule has 0 aliphatic rings. The zero-order chi connectivity index (χ0) is 13.4. The van der Waals surface area contributed by atoms with Gasteiger partial charge in [-0.15, -0.1) is 0 Å². The number of carboxylic acid groups (broad SMARTS) is 1. The Bertz CT molecular complexity index is 365. The highest BCUT2D eigenvalue weighted by Crippen LogP contribution is 2.12. The van der Waals surface area contributed by atoms with Crippen molar-refractivity contribution in [2.45, 2.75) is 32.7 Å². The van der Waals surface area contributed by atoms with Crippen LogP contribution in [0.15, 0.2) is 24.3 Å². The van der Waals surface area contributed by atoms with Gasteiger partial charge < -0.3 is 5.11 Å². The number of carbonyl (C=O) groups is 1. The monoisotopic (exact) mass is 269 g/mol. The van der Waals surface area contributed by atoms with Crippen molar-refractivity contribution in [2.75, 3.05) is 13.1 Å². The van der Waals surface area contributed by atoms with E-state index < -0.39 is 5.97 Å². The Morgan fingerprint density at radius 3 is 2.50 bits per heavy atom. The summed E-state index contributed by atoms with van der Waals surface area (Å²) in [6, 6.07) is 7.55. The van der Waals surface area contributed by atoms with Crippen LogP contribution in [0.25, 0.3) is 0 Å². The second-order valence-electron chi connectivity index (χ2n) is 4.44. The lowest BCUT2D eigenvalue weighted by molar-refractivity contribution is -0.138. The Morgan fingerprint density at radius 2 is 1.94 bits per heavy atom. The molecule has 3 nitrogen and oxygen atoms in total. The topological polar surface area (TPSA) is 40.5 Å². The van der Waals surface area contributed by atoms with Crippen molar-refractivity contribution in [2.24, 2.45) is 0 Å². The van der Waals surface area contributed by atoms with E-state index in [9.17, 15) is 4.79 Å². The lowest BCUT2D eigenvalue weighted by Crippen LogP contribution is -2.30. The van der Waals surface area contributed by atoms with E-state index in [1.807, 2.05) is 29.2 Å². The van der Waals surface area contributed by atoms with Gasteiger partial charge in [0.1, 0.15) is 0 Å². The molecule has 0 unspecified atom stereocenters. The molecule has 1 aromatic carbocycles. The Balaban J connectivity index is 2.53. The number of hydrogen-bond acceptors (Lipinski definition) is 2. The van der Waals surface area contributed by atoms with Crippen LogP contribution in [0.4, 0.5) is 0 Å². The average molecular weight is 270 g/mol. The molecule has 0 atom stereocenters. The average Bonchev–Trinajstić information content (AvgIpc) is 2.31. The van der Waals surface area contributed by atoms with E-state index in [0.29, 0.717) is 11.6 Å². The first-order valence-electron chi connectivity index (χ1n) is 6.30. The maximum absolute atomic E-state index is 10.8. The van der Waals surface area contributed by atoms with Gasteiger partial charge in [-0.25, -0.2) is 0 Å². The molecule has 0 radical (unpaired) electrons. The van der Waals surface area contributed by atoms with Crippen molar-refractivity contribution in [3.05, 3.63) is 34.9 Å². The zero-order valence-corrected chi connectivity index (χ0v) is 11.5. The fourth-order valence-corrected chi connectivity index (χ4v) is 1.96. The molecule has 1 aromatic rings. The third-order valence-electron chi connectivity index (χ3n) is 2.76. The van der Waals surface area contributed by atoms with Crippen LogP contribution in [0.5, 0.6) is 0 Å². The molecule has 0 aromatic heterocycles. The van der Waals surface area contributed by atoms with Crippen molar-refractivity contribution < 1.29 is 9.90 Å². The number of nitrogens with zero attached hydrogens (tertiary/aromatic N) is 1. The Hall–Kier alpha value is -1.06. The summed E-state index contributed by atoms with van der Waals surface area (Å²) in [5.74, 6) is -0.777. The molecule has 0 aliphatic heterocycles. The maximum Gasteiger partial charge on any atom is 0.317 e. The summed E-state index contributed by atoms with van der Waals surface area (Å²) in [6.07, 6.45) is 3.32. The third-order valence-corrected chi connectivity index (χ3v) is 3.01. The van der Waals surface area contributed by atoms with E-state index in [2.05, 4.69) is 6.92 Å². The Labute approximate surface area is 113 Å². The minimum absolute atomic E-state index is 0.0896. The molecule has 100 valence electrons. The summed E-state index contributed by atoms with van der Waals surface area (Å²) in [5, 5.41) is 9.60. The maximum atomic E-state index is 10.8. The van der Waals surface area contributed by atoms with Crippen molar-refractivity contribution in [3.63, 3.8) is 0 Å². The van der Waals surface area contributed by atoms with Gasteiger partial charge in [-0.3, -0.25) is 9.69 Å². The molecule has 0 spiro atoms. The van der Waals surface area contributed by atoms with Gasteiger partial charge in [-0.1, -0.05) is 43.5 Å². The number of rotatable bonds is 8. The molecule has 0 fully saturated rings. The van der Waals surface area contributed by atoms with Gasteiger partial charge in [-0.2, -0.15) is 0 Å². The third kappa shape index (κ3) is 6.03. The molecule has 0 bridgehead atoms. The molecule has 0 amide bonds. The zero-order valence-electron chi connectivity index (χ0n) is 10.7. The first-order chi connectivity index (χ1) is 8.61. The van der Waals surface area contributed by atoms with Crippen LogP contribution in [-0.4, -0.2) is 29.1 Å². The van der Waals surface area contributed by atoms with E-state index in [-0.39, 0.29) is 6.54 Å². The number of hydrogen-bond donors (Lipinski definition) is 1. The van der Waals surface area contributed by atoms with Crippen molar-refractivity contribution in [1.82, 2.24) is 4.90 Å². The molecular formula is C14H20ClNO2. The molecular weight excluding hydrogens is 250 g/mol. The van der Waals surface area contributed by atoms with Crippen LogP contribution in [-0.2, 0) is 11.3 Å². The Kier molecular flexibility index (Phi) is 6.76. The van der Waals surface area contributed by atoms with Gasteiger partial charge in [0.15, 0.2) is 0 Å². The summed E-state index contributed by atoms with van der Waals surface area (Å²) in [7, 11) is 0. The fraction of sp³-hybridized carbons (Fsp3) is 0.500. The lowest BCUT2D eigenvalue weighted by Gasteiger charge is -2.20. The molecule has 18 heavy (non-hydrogen) atoms. The summed E-state index contributed by atoms with van der Waals surface area (Å²) in [4.78, 5) is 12.8. The highest BCUT2D eigenvalue weighted by molar-refractivity contribution is 6.30. The highest BCUT2D eigenvalue weighted by atomic mass is 35.5. The minimum Gasteiger partial charge on any atom is -0.480 e. The molecule has 1 rings (SSSR count). The van der Waals surface area contributed by atoms with Crippen LogP contribution >= 0.6 is 11.6 Å².